The lowest BCUT2D eigenvalue weighted by molar-refractivity contribution is 0.411. The van der Waals surface area contributed by atoms with Crippen LogP contribution >= 0.6 is 15.9 Å². The molecule has 1 N–H and O–H groups in total. The summed E-state index contributed by atoms with van der Waals surface area (Å²) in [6, 6.07) is 8.37. The first kappa shape index (κ1) is 15.9. The standard InChI is InChI=1S/C14H15BrN2O3S/c1-20-14-5-4-12(9-13(14)15)21(18,19)17-8-6-11-3-2-7-16-10-11/h2-5,7,9-10,17H,6,8H2,1H3. The Morgan fingerprint density at radius 2 is 2.14 bits per heavy atom. The lowest BCUT2D eigenvalue weighted by atomic mass is 10.2. The predicted octanol–water partition coefficient (Wildman–Crippen LogP) is 2.37. The Morgan fingerprint density at radius 1 is 1.33 bits per heavy atom. The molecule has 1 heterocycles. The summed E-state index contributed by atoms with van der Waals surface area (Å²) in [4.78, 5) is 4.19. The quantitative estimate of drug-likeness (QED) is 0.847. The zero-order valence-electron chi connectivity index (χ0n) is 11.4. The van der Waals surface area contributed by atoms with Crippen LogP contribution in [0.2, 0.25) is 0 Å². The number of benzene rings is 1. The van der Waals surface area contributed by atoms with E-state index in [0.717, 1.165) is 5.56 Å². The van der Waals surface area contributed by atoms with Crippen LogP contribution in [0.15, 0.2) is 52.1 Å². The highest BCUT2D eigenvalue weighted by Crippen LogP contribution is 2.27. The van der Waals surface area contributed by atoms with E-state index in [1.807, 2.05) is 12.1 Å². The summed E-state index contributed by atoms with van der Waals surface area (Å²) < 4.78 is 32.6. The average Bonchev–Trinajstić information content (AvgIpc) is 2.48. The van der Waals surface area contributed by atoms with Gasteiger partial charge >= 0.3 is 0 Å². The molecule has 0 aliphatic carbocycles. The summed E-state index contributed by atoms with van der Waals surface area (Å²) in [5.41, 5.74) is 0.983. The first-order chi connectivity index (χ1) is 10.0. The number of hydrogen-bond donors (Lipinski definition) is 1. The van der Waals surface area contributed by atoms with Crippen molar-refractivity contribution in [2.24, 2.45) is 0 Å². The van der Waals surface area contributed by atoms with Crippen LogP contribution in [0.5, 0.6) is 5.75 Å². The van der Waals surface area contributed by atoms with E-state index in [1.54, 1.807) is 18.5 Å². The molecule has 21 heavy (non-hydrogen) atoms. The molecule has 0 fully saturated rings. The highest BCUT2D eigenvalue weighted by atomic mass is 79.9. The predicted molar refractivity (Wildman–Crippen MR) is 83.8 cm³/mol. The third kappa shape index (κ3) is 4.26. The Morgan fingerprint density at radius 3 is 2.76 bits per heavy atom. The average molecular weight is 371 g/mol. The monoisotopic (exact) mass is 370 g/mol. The summed E-state index contributed by atoms with van der Waals surface area (Å²) in [7, 11) is -2.01. The molecule has 0 atom stereocenters. The Balaban J connectivity index is 2.03. The van der Waals surface area contributed by atoms with Crippen molar-refractivity contribution in [3.05, 3.63) is 52.8 Å². The molecule has 2 aromatic rings. The van der Waals surface area contributed by atoms with Gasteiger partial charge in [-0.25, -0.2) is 13.1 Å². The van der Waals surface area contributed by atoms with Crippen molar-refractivity contribution in [2.75, 3.05) is 13.7 Å². The van der Waals surface area contributed by atoms with Gasteiger partial charge in [0.05, 0.1) is 16.5 Å². The first-order valence-corrected chi connectivity index (χ1v) is 8.52. The number of pyridine rings is 1. The van der Waals surface area contributed by atoms with E-state index >= 15 is 0 Å². The van der Waals surface area contributed by atoms with Gasteiger partial charge in [-0.1, -0.05) is 6.07 Å². The summed E-state index contributed by atoms with van der Waals surface area (Å²) in [6.45, 7) is 0.317. The smallest absolute Gasteiger partial charge is 0.240 e. The van der Waals surface area contributed by atoms with Gasteiger partial charge in [0, 0.05) is 18.9 Å². The minimum absolute atomic E-state index is 0.196. The fourth-order valence-electron chi connectivity index (χ4n) is 1.77. The number of methoxy groups -OCH3 is 1. The van der Waals surface area contributed by atoms with Crippen molar-refractivity contribution in [3.63, 3.8) is 0 Å². The molecule has 7 heteroatoms. The van der Waals surface area contributed by atoms with Gasteiger partial charge in [-0.05, 0) is 52.2 Å². The molecule has 0 unspecified atom stereocenters. The summed E-state index contributed by atoms with van der Waals surface area (Å²) in [6.07, 6.45) is 3.99. The van der Waals surface area contributed by atoms with Crippen LogP contribution in [-0.2, 0) is 16.4 Å². The van der Waals surface area contributed by atoms with Gasteiger partial charge in [0.1, 0.15) is 5.75 Å². The zero-order chi connectivity index (χ0) is 15.3. The fourth-order valence-corrected chi connectivity index (χ4v) is 3.52. The number of hydrogen-bond acceptors (Lipinski definition) is 4. The second-order valence-electron chi connectivity index (χ2n) is 4.31. The van der Waals surface area contributed by atoms with Gasteiger partial charge in [-0.3, -0.25) is 4.98 Å². The van der Waals surface area contributed by atoms with Gasteiger partial charge in [0.15, 0.2) is 0 Å². The number of nitrogens with one attached hydrogen (secondary N) is 1. The van der Waals surface area contributed by atoms with Crippen molar-refractivity contribution >= 4 is 26.0 Å². The van der Waals surface area contributed by atoms with Crippen molar-refractivity contribution < 1.29 is 13.2 Å². The molecule has 112 valence electrons. The second-order valence-corrected chi connectivity index (χ2v) is 6.93. The highest BCUT2D eigenvalue weighted by Gasteiger charge is 2.15. The topological polar surface area (TPSA) is 68.3 Å². The number of aromatic nitrogens is 1. The van der Waals surface area contributed by atoms with E-state index < -0.39 is 10.0 Å². The van der Waals surface area contributed by atoms with Crippen LogP contribution < -0.4 is 9.46 Å². The SMILES string of the molecule is COc1ccc(S(=O)(=O)NCCc2cccnc2)cc1Br. The molecule has 0 spiro atoms. The summed E-state index contributed by atoms with van der Waals surface area (Å²) >= 11 is 3.28. The van der Waals surface area contributed by atoms with E-state index in [1.165, 1.54) is 19.2 Å². The molecule has 0 saturated heterocycles. The third-order valence-corrected chi connectivity index (χ3v) is 4.94. The van der Waals surface area contributed by atoms with Gasteiger partial charge in [0.2, 0.25) is 10.0 Å². The molecule has 0 bridgehead atoms. The molecule has 0 amide bonds. The van der Waals surface area contributed by atoms with Crippen LogP contribution in [0.4, 0.5) is 0 Å². The molecule has 0 radical (unpaired) electrons. The van der Waals surface area contributed by atoms with Crippen molar-refractivity contribution in [1.82, 2.24) is 9.71 Å². The van der Waals surface area contributed by atoms with E-state index in [-0.39, 0.29) is 4.90 Å². The maximum atomic E-state index is 12.2. The van der Waals surface area contributed by atoms with E-state index in [2.05, 4.69) is 25.6 Å². The van der Waals surface area contributed by atoms with Gasteiger partial charge in [0.25, 0.3) is 0 Å². The normalized spacial score (nSPS) is 11.3. The molecule has 2 rings (SSSR count). The molecular formula is C14H15BrN2O3S. The van der Waals surface area contributed by atoms with Gasteiger partial charge in [-0.15, -0.1) is 0 Å². The maximum Gasteiger partial charge on any atom is 0.240 e. The second kappa shape index (κ2) is 7.02. The van der Waals surface area contributed by atoms with Crippen molar-refractivity contribution in [3.8, 4) is 5.75 Å². The minimum Gasteiger partial charge on any atom is -0.496 e. The lowest BCUT2D eigenvalue weighted by Gasteiger charge is -2.09. The van der Waals surface area contributed by atoms with Gasteiger partial charge < -0.3 is 4.74 Å². The molecule has 0 aliphatic rings. The van der Waals surface area contributed by atoms with E-state index in [4.69, 9.17) is 4.74 Å². The molecule has 0 aliphatic heterocycles. The van der Waals surface area contributed by atoms with Crippen LogP contribution in [0.1, 0.15) is 5.56 Å². The largest absolute Gasteiger partial charge is 0.496 e. The van der Waals surface area contributed by atoms with E-state index in [9.17, 15) is 8.42 Å². The maximum absolute atomic E-state index is 12.2. The number of nitrogens with zero attached hydrogens (tertiary/aromatic N) is 1. The van der Waals surface area contributed by atoms with Gasteiger partial charge in [-0.2, -0.15) is 0 Å². The highest BCUT2D eigenvalue weighted by molar-refractivity contribution is 9.10. The number of halogens is 1. The van der Waals surface area contributed by atoms with Crippen molar-refractivity contribution in [2.45, 2.75) is 11.3 Å². The number of rotatable bonds is 6. The zero-order valence-corrected chi connectivity index (χ0v) is 13.8. The Kier molecular flexibility index (Phi) is 5.33. The van der Waals surface area contributed by atoms with Crippen LogP contribution in [-0.4, -0.2) is 27.1 Å². The van der Waals surface area contributed by atoms with Crippen LogP contribution in [0.25, 0.3) is 0 Å². The Hall–Kier alpha value is -1.44. The summed E-state index contributed by atoms with van der Waals surface area (Å²) in [5, 5.41) is 0. The van der Waals surface area contributed by atoms with Crippen LogP contribution in [0, 0.1) is 0 Å². The lowest BCUT2D eigenvalue weighted by Crippen LogP contribution is -2.26. The van der Waals surface area contributed by atoms with Crippen LogP contribution in [0.3, 0.4) is 0 Å². The molecule has 0 saturated carbocycles. The first-order valence-electron chi connectivity index (χ1n) is 6.25. The Bertz CT molecular complexity index is 705. The van der Waals surface area contributed by atoms with Crippen molar-refractivity contribution in [1.29, 1.82) is 0 Å². The third-order valence-electron chi connectivity index (χ3n) is 2.86. The number of sulfonamides is 1. The molecule has 5 nitrogen and oxygen atoms in total. The number of ether oxygens (including phenoxy) is 1. The summed E-state index contributed by atoms with van der Waals surface area (Å²) in [5.74, 6) is 0.587. The Labute approximate surface area is 132 Å². The molecule has 1 aromatic carbocycles. The van der Waals surface area contributed by atoms with E-state index in [0.29, 0.717) is 23.2 Å². The fraction of sp³-hybridized carbons (Fsp3) is 0.214. The molecule has 1 aromatic heterocycles. The molecular weight excluding hydrogens is 356 g/mol. The minimum atomic E-state index is -3.53.